The van der Waals surface area contributed by atoms with Gasteiger partial charge in [0.2, 0.25) is 0 Å². The number of hydrogen-bond donors (Lipinski definition) is 1. The molecule has 1 aliphatic heterocycles. The Morgan fingerprint density at radius 1 is 1.77 bits per heavy atom. The number of esters is 1. The zero-order valence-electron chi connectivity index (χ0n) is 8.21. The molecule has 0 bridgehead atoms. The summed E-state index contributed by atoms with van der Waals surface area (Å²) in [5, 5.41) is 0. The van der Waals surface area contributed by atoms with Crippen molar-refractivity contribution < 1.29 is 14.3 Å². The Labute approximate surface area is 78.4 Å². The van der Waals surface area contributed by atoms with E-state index in [1.165, 1.54) is 7.11 Å². The van der Waals surface area contributed by atoms with Gasteiger partial charge >= 0.3 is 5.97 Å². The van der Waals surface area contributed by atoms with E-state index in [1.807, 2.05) is 6.92 Å². The van der Waals surface area contributed by atoms with Crippen molar-refractivity contribution in [2.24, 2.45) is 11.1 Å². The van der Waals surface area contributed by atoms with Crippen molar-refractivity contribution >= 4 is 5.97 Å². The quantitative estimate of drug-likeness (QED) is 0.632. The fraction of sp³-hybridized carbons (Fsp3) is 0.889. The largest absolute Gasteiger partial charge is 0.468 e. The zero-order chi connectivity index (χ0) is 9.90. The lowest BCUT2D eigenvalue weighted by Gasteiger charge is -2.38. The lowest BCUT2D eigenvalue weighted by molar-refractivity contribution is -0.163. The van der Waals surface area contributed by atoms with Gasteiger partial charge in [0.1, 0.15) is 5.41 Å². The molecule has 0 aliphatic carbocycles. The third kappa shape index (κ3) is 1.69. The van der Waals surface area contributed by atoms with Gasteiger partial charge in [-0.3, -0.25) is 4.79 Å². The molecule has 1 heterocycles. The second-order valence-electron chi connectivity index (χ2n) is 3.45. The Balaban J connectivity index is 2.82. The van der Waals surface area contributed by atoms with Gasteiger partial charge < -0.3 is 15.2 Å². The fourth-order valence-corrected chi connectivity index (χ4v) is 1.77. The maximum atomic E-state index is 11.5. The zero-order valence-corrected chi connectivity index (χ0v) is 8.21. The monoisotopic (exact) mass is 187 g/mol. The van der Waals surface area contributed by atoms with Gasteiger partial charge in [0.15, 0.2) is 0 Å². The predicted octanol–water partition coefficient (Wildman–Crippen LogP) is 0.303. The van der Waals surface area contributed by atoms with Crippen LogP contribution in [0.3, 0.4) is 0 Å². The van der Waals surface area contributed by atoms with Crippen LogP contribution in [0.15, 0.2) is 0 Å². The highest BCUT2D eigenvalue weighted by atomic mass is 16.5. The molecule has 2 unspecified atom stereocenters. The molecule has 0 saturated carbocycles. The Morgan fingerprint density at radius 3 is 2.92 bits per heavy atom. The van der Waals surface area contributed by atoms with Crippen molar-refractivity contribution in [2.75, 3.05) is 20.3 Å². The van der Waals surface area contributed by atoms with Gasteiger partial charge in [-0.25, -0.2) is 0 Å². The van der Waals surface area contributed by atoms with Gasteiger partial charge in [0.25, 0.3) is 0 Å². The number of hydrogen-bond acceptors (Lipinski definition) is 4. The van der Waals surface area contributed by atoms with E-state index in [0.29, 0.717) is 19.6 Å². The van der Waals surface area contributed by atoms with E-state index in [1.54, 1.807) is 0 Å². The molecule has 2 atom stereocenters. The van der Waals surface area contributed by atoms with Gasteiger partial charge in [-0.2, -0.15) is 0 Å². The van der Waals surface area contributed by atoms with Gasteiger partial charge in [-0.15, -0.1) is 0 Å². The Hall–Kier alpha value is -0.610. The summed E-state index contributed by atoms with van der Waals surface area (Å²) in [5.41, 5.74) is 5.30. The van der Waals surface area contributed by atoms with Gasteiger partial charge in [-0.05, 0) is 12.8 Å². The van der Waals surface area contributed by atoms with E-state index >= 15 is 0 Å². The summed E-state index contributed by atoms with van der Waals surface area (Å²) < 4.78 is 10.0. The van der Waals surface area contributed by atoms with Crippen LogP contribution in [0.25, 0.3) is 0 Å². The molecule has 4 heteroatoms. The van der Waals surface area contributed by atoms with E-state index in [2.05, 4.69) is 0 Å². The van der Waals surface area contributed by atoms with Crippen molar-refractivity contribution in [1.29, 1.82) is 0 Å². The number of methoxy groups -OCH3 is 1. The topological polar surface area (TPSA) is 61.5 Å². The van der Waals surface area contributed by atoms with Crippen LogP contribution in [0.1, 0.15) is 19.8 Å². The van der Waals surface area contributed by atoms with E-state index in [9.17, 15) is 4.79 Å². The molecular weight excluding hydrogens is 170 g/mol. The van der Waals surface area contributed by atoms with Crippen LogP contribution < -0.4 is 5.73 Å². The minimum Gasteiger partial charge on any atom is -0.468 e. The average molecular weight is 187 g/mol. The maximum Gasteiger partial charge on any atom is 0.315 e. The van der Waals surface area contributed by atoms with Crippen LogP contribution >= 0.6 is 0 Å². The number of ether oxygens (including phenoxy) is 2. The molecule has 1 saturated heterocycles. The Kier molecular flexibility index (Phi) is 3.27. The average Bonchev–Trinajstić information content (AvgIpc) is 2.18. The van der Waals surface area contributed by atoms with Crippen molar-refractivity contribution in [3.63, 3.8) is 0 Å². The SMILES string of the molecule is CCC1(C(=O)OC)COCCC1N. The smallest absolute Gasteiger partial charge is 0.315 e. The van der Waals surface area contributed by atoms with Gasteiger partial charge in [-0.1, -0.05) is 6.92 Å². The molecule has 76 valence electrons. The van der Waals surface area contributed by atoms with Gasteiger partial charge in [0, 0.05) is 12.6 Å². The highest BCUT2D eigenvalue weighted by Gasteiger charge is 2.45. The molecule has 0 amide bonds. The first kappa shape index (κ1) is 10.5. The molecule has 0 radical (unpaired) electrons. The molecule has 1 aliphatic rings. The van der Waals surface area contributed by atoms with E-state index in [0.717, 1.165) is 6.42 Å². The Bertz CT molecular complexity index is 195. The van der Waals surface area contributed by atoms with E-state index < -0.39 is 5.41 Å². The molecule has 0 spiro atoms. The first-order valence-electron chi connectivity index (χ1n) is 4.59. The summed E-state index contributed by atoms with van der Waals surface area (Å²) in [5.74, 6) is -0.248. The van der Waals surface area contributed by atoms with E-state index in [-0.39, 0.29) is 12.0 Å². The fourth-order valence-electron chi connectivity index (χ4n) is 1.77. The highest BCUT2D eigenvalue weighted by Crippen LogP contribution is 2.32. The number of carbonyl (C=O) groups is 1. The summed E-state index contributed by atoms with van der Waals surface area (Å²) >= 11 is 0. The van der Waals surface area contributed by atoms with Crippen LogP contribution in [0.4, 0.5) is 0 Å². The first-order chi connectivity index (χ1) is 6.17. The van der Waals surface area contributed by atoms with Crippen LogP contribution in [-0.2, 0) is 14.3 Å². The lowest BCUT2D eigenvalue weighted by Crippen LogP contribution is -2.54. The van der Waals surface area contributed by atoms with Crippen molar-refractivity contribution in [3.8, 4) is 0 Å². The summed E-state index contributed by atoms with van der Waals surface area (Å²) in [6.07, 6.45) is 1.39. The minimum atomic E-state index is -0.618. The minimum absolute atomic E-state index is 0.140. The third-order valence-electron chi connectivity index (χ3n) is 2.87. The molecule has 0 aromatic carbocycles. The number of carbonyl (C=O) groups excluding carboxylic acids is 1. The molecular formula is C9H17NO3. The van der Waals surface area contributed by atoms with Gasteiger partial charge in [0.05, 0.1) is 13.7 Å². The third-order valence-corrected chi connectivity index (χ3v) is 2.87. The molecule has 0 aromatic heterocycles. The number of rotatable bonds is 2. The summed E-state index contributed by atoms with van der Waals surface area (Å²) in [7, 11) is 1.39. The first-order valence-corrected chi connectivity index (χ1v) is 4.59. The molecule has 2 N–H and O–H groups in total. The molecule has 1 rings (SSSR count). The van der Waals surface area contributed by atoms with Crippen LogP contribution in [0.2, 0.25) is 0 Å². The second-order valence-corrected chi connectivity index (χ2v) is 3.45. The maximum absolute atomic E-state index is 11.5. The Morgan fingerprint density at radius 2 is 2.46 bits per heavy atom. The molecule has 1 fully saturated rings. The molecule has 13 heavy (non-hydrogen) atoms. The predicted molar refractivity (Wildman–Crippen MR) is 48.2 cm³/mol. The van der Waals surface area contributed by atoms with E-state index in [4.69, 9.17) is 15.2 Å². The molecule has 4 nitrogen and oxygen atoms in total. The molecule has 0 aromatic rings. The summed E-state index contributed by atoms with van der Waals surface area (Å²) in [4.78, 5) is 11.5. The van der Waals surface area contributed by atoms with Crippen molar-refractivity contribution in [1.82, 2.24) is 0 Å². The van der Waals surface area contributed by atoms with Crippen LogP contribution in [0.5, 0.6) is 0 Å². The number of nitrogens with two attached hydrogens (primary N) is 1. The van der Waals surface area contributed by atoms with Crippen LogP contribution in [-0.4, -0.2) is 32.3 Å². The van der Waals surface area contributed by atoms with Crippen LogP contribution in [0, 0.1) is 5.41 Å². The summed E-state index contributed by atoms with van der Waals surface area (Å²) in [6.45, 7) is 2.96. The summed E-state index contributed by atoms with van der Waals surface area (Å²) in [6, 6.07) is -0.140. The van der Waals surface area contributed by atoms with Crippen molar-refractivity contribution in [3.05, 3.63) is 0 Å². The lowest BCUT2D eigenvalue weighted by atomic mass is 9.76. The van der Waals surface area contributed by atoms with Crippen molar-refractivity contribution in [2.45, 2.75) is 25.8 Å². The standard InChI is InChI=1S/C9H17NO3/c1-3-9(8(11)12-2)6-13-5-4-7(9)10/h7H,3-6,10H2,1-2H3. The second kappa shape index (κ2) is 4.07. The highest BCUT2D eigenvalue weighted by molar-refractivity contribution is 5.78. The normalized spacial score (nSPS) is 34.2.